The van der Waals surface area contributed by atoms with Gasteiger partial charge in [-0.1, -0.05) is 60.7 Å². The monoisotopic (exact) mass is 557 g/mol. The highest BCUT2D eigenvalue weighted by atomic mass is 19.4. The minimum Gasteiger partial charge on any atom is -0.333 e. The van der Waals surface area contributed by atoms with Crippen LogP contribution in [0.15, 0.2) is 91.1 Å². The average Bonchev–Trinajstić information content (AvgIpc) is 3.31. The number of halogens is 3. The number of amides is 2. The zero-order valence-corrected chi connectivity index (χ0v) is 21.9. The van der Waals surface area contributed by atoms with Crippen molar-refractivity contribution in [3.8, 4) is 22.4 Å². The first-order chi connectivity index (χ1) is 19.8. The zero-order chi connectivity index (χ0) is 29.0. The van der Waals surface area contributed by atoms with E-state index < -0.39 is 24.5 Å². The molecule has 0 aliphatic heterocycles. The maximum absolute atomic E-state index is 13.9. The van der Waals surface area contributed by atoms with Gasteiger partial charge in [0, 0.05) is 24.1 Å². The number of nitrogens with one attached hydrogen (secondary N) is 1. The van der Waals surface area contributed by atoms with Gasteiger partial charge in [0.2, 0.25) is 5.91 Å². The minimum absolute atomic E-state index is 0.0573. The van der Waals surface area contributed by atoms with E-state index in [1.165, 1.54) is 6.20 Å². The molecule has 208 valence electrons. The molecule has 1 N–H and O–H groups in total. The molecule has 5 rings (SSSR count). The third kappa shape index (κ3) is 6.04. The molecule has 2 amide bonds. The summed E-state index contributed by atoms with van der Waals surface area (Å²) in [5, 5.41) is 2.80. The summed E-state index contributed by atoms with van der Waals surface area (Å²) in [6.45, 7) is -1.60. The topological polar surface area (TPSA) is 79.4 Å². The van der Waals surface area contributed by atoms with Crippen LogP contribution in [-0.4, -0.2) is 47.3 Å². The minimum atomic E-state index is -4.60. The molecule has 0 bridgehead atoms. The van der Waals surface area contributed by atoms with Gasteiger partial charge in [-0.2, -0.15) is 13.2 Å². The van der Waals surface area contributed by atoms with E-state index in [1.807, 2.05) is 30.3 Å². The Kier molecular flexibility index (Phi) is 7.96. The highest BCUT2D eigenvalue weighted by molar-refractivity contribution is 6.04. The molecule has 1 unspecified atom stereocenters. The van der Waals surface area contributed by atoms with Gasteiger partial charge in [-0.25, -0.2) is 0 Å². The van der Waals surface area contributed by atoms with Gasteiger partial charge in [0.25, 0.3) is 5.91 Å². The summed E-state index contributed by atoms with van der Waals surface area (Å²) >= 11 is 0. The predicted octanol–water partition coefficient (Wildman–Crippen LogP) is 6.48. The average molecular weight is 558 g/mol. The first-order valence-electron chi connectivity index (χ1n) is 13.1. The molecule has 1 aromatic heterocycles. The molecule has 1 atom stereocenters. The number of alkyl halides is 3. The van der Waals surface area contributed by atoms with Gasteiger partial charge in [-0.3, -0.25) is 14.6 Å². The summed E-state index contributed by atoms with van der Waals surface area (Å²) in [6, 6.07) is 24.8. The molecule has 41 heavy (non-hydrogen) atoms. The van der Waals surface area contributed by atoms with Crippen LogP contribution >= 0.6 is 0 Å². The number of unbranched alkanes of at least 4 members (excludes halogenated alkanes) is 1. The van der Waals surface area contributed by atoms with E-state index in [0.29, 0.717) is 39.9 Å². The number of carbonyl (C=O) groups is 3. The first-order valence-corrected chi connectivity index (χ1v) is 13.1. The fourth-order valence-corrected chi connectivity index (χ4v) is 5.19. The van der Waals surface area contributed by atoms with Crippen LogP contribution in [0.25, 0.3) is 22.4 Å². The molecule has 1 heterocycles. The van der Waals surface area contributed by atoms with Gasteiger partial charge in [-0.15, -0.1) is 0 Å². The lowest BCUT2D eigenvalue weighted by Crippen LogP contribution is -2.42. The predicted molar refractivity (Wildman–Crippen MR) is 149 cm³/mol. The summed E-state index contributed by atoms with van der Waals surface area (Å²) in [4.78, 5) is 42.6. The van der Waals surface area contributed by atoms with E-state index in [0.717, 1.165) is 16.0 Å². The Hall–Kier alpha value is -4.79. The second-order valence-corrected chi connectivity index (χ2v) is 9.72. The lowest BCUT2D eigenvalue weighted by Gasteiger charge is -2.28. The highest BCUT2D eigenvalue weighted by Crippen LogP contribution is 2.49. The van der Waals surface area contributed by atoms with Crippen LogP contribution in [-0.2, 0) is 9.59 Å². The van der Waals surface area contributed by atoms with E-state index in [1.54, 1.807) is 54.6 Å². The molecule has 9 heteroatoms. The zero-order valence-electron chi connectivity index (χ0n) is 21.9. The van der Waals surface area contributed by atoms with Crippen molar-refractivity contribution in [3.63, 3.8) is 0 Å². The van der Waals surface area contributed by atoms with Crippen LogP contribution in [0.4, 0.5) is 18.9 Å². The van der Waals surface area contributed by atoms with Crippen LogP contribution in [0.2, 0.25) is 0 Å². The number of fused-ring (bicyclic) bond motifs is 3. The number of rotatable bonds is 9. The van der Waals surface area contributed by atoms with Crippen molar-refractivity contribution in [2.24, 2.45) is 0 Å². The molecule has 0 radical (unpaired) electrons. The third-order valence-electron chi connectivity index (χ3n) is 6.97. The molecule has 3 aromatic carbocycles. The largest absolute Gasteiger partial charge is 0.406 e. The van der Waals surface area contributed by atoms with Crippen LogP contribution in [0, 0.1) is 0 Å². The van der Waals surface area contributed by atoms with Crippen LogP contribution in [0.1, 0.15) is 40.2 Å². The smallest absolute Gasteiger partial charge is 0.333 e. The SMILES string of the molecule is O=CCCCN(CC(F)(F)F)C(=O)C1c2ccccc2-c2cccc(-c3ccc(NC(=O)c4ccccc4)cn3)c21. The van der Waals surface area contributed by atoms with Crippen molar-refractivity contribution in [2.45, 2.75) is 24.9 Å². The Morgan fingerprint density at radius 2 is 1.59 bits per heavy atom. The molecule has 6 nitrogen and oxygen atoms in total. The summed E-state index contributed by atoms with van der Waals surface area (Å²) in [5.41, 5.74) is 4.80. The Balaban J connectivity index is 1.51. The molecule has 0 fully saturated rings. The third-order valence-corrected chi connectivity index (χ3v) is 6.97. The lowest BCUT2D eigenvalue weighted by molar-refractivity contribution is -0.161. The number of hydrogen-bond donors (Lipinski definition) is 1. The van der Waals surface area contributed by atoms with E-state index in [9.17, 15) is 27.6 Å². The summed E-state index contributed by atoms with van der Waals surface area (Å²) < 4.78 is 40.6. The van der Waals surface area contributed by atoms with Gasteiger partial charge in [-0.05, 0) is 52.9 Å². The quantitative estimate of drug-likeness (QED) is 0.189. The highest BCUT2D eigenvalue weighted by Gasteiger charge is 2.41. The summed E-state index contributed by atoms with van der Waals surface area (Å²) in [7, 11) is 0. The van der Waals surface area contributed by atoms with Crippen molar-refractivity contribution < 1.29 is 27.6 Å². The van der Waals surface area contributed by atoms with Crippen LogP contribution in [0.5, 0.6) is 0 Å². The molecule has 1 aliphatic rings. The fourth-order valence-electron chi connectivity index (χ4n) is 5.19. The van der Waals surface area contributed by atoms with Crippen LogP contribution in [0.3, 0.4) is 0 Å². The fraction of sp³-hybridized carbons (Fsp3) is 0.188. The van der Waals surface area contributed by atoms with Crippen molar-refractivity contribution in [3.05, 3.63) is 108 Å². The van der Waals surface area contributed by atoms with Gasteiger partial charge in [0.05, 0.1) is 23.5 Å². The van der Waals surface area contributed by atoms with Crippen molar-refractivity contribution in [1.82, 2.24) is 9.88 Å². The molecular formula is C32H26F3N3O3. The number of benzene rings is 3. The van der Waals surface area contributed by atoms with Gasteiger partial charge >= 0.3 is 6.18 Å². The second-order valence-electron chi connectivity index (χ2n) is 9.72. The first kappa shape index (κ1) is 27.8. The molecule has 1 aliphatic carbocycles. The molecule has 0 saturated heterocycles. The Labute approximate surface area is 234 Å². The normalized spacial score (nSPS) is 13.7. The molecule has 0 spiro atoms. The number of pyridine rings is 1. The van der Waals surface area contributed by atoms with Crippen molar-refractivity contribution in [1.29, 1.82) is 0 Å². The van der Waals surface area contributed by atoms with E-state index >= 15 is 0 Å². The van der Waals surface area contributed by atoms with E-state index in [2.05, 4.69) is 10.3 Å². The summed E-state index contributed by atoms with van der Waals surface area (Å²) in [6.07, 6.45) is -2.28. The molecule has 0 saturated carbocycles. The van der Waals surface area contributed by atoms with Gasteiger partial charge < -0.3 is 15.0 Å². The Morgan fingerprint density at radius 1 is 0.878 bits per heavy atom. The molecular weight excluding hydrogens is 531 g/mol. The number of anilines is 1. The Morgan fingerprint density at radius 3 is 2.29 bits per heavy atom. The van der Waals surface area contributed by atoms with Crippen LogP contribution < -0.4 is 5.32 Å². The number of hydrogen-bond acceptors (Lipinski definition) is 4. The molecule has 4 aromatic rings. The van der Waals surface area contributed by atoms with Crippen molar-refractivity contribution in [2.75, 3.05) is 18.4 Å². The summed E-state index contributed by atoms with van der Waals surface area (Å²) in [5.74, 6) is -1.95. The van der Waals surface area contributed by atoms with Gasteiger partial charge in [0.1, 0.15) is 12.8 Å². The number of nitrogens with zero attached hydrogens (tertiary/aromatic N) is 2. The maximum Gasteiger partial charge on any atom is 0.406 e. The number of aldehydes is 1. The maximum atomic E-state index is 13.9. The number of aromatic nitrogens is 1. The lowest BCUT2D eigenvalue weighted by atomic mass is 9.90. The second kappa shape index (κ2) is 11.8. The van der Waals surface area contributed by atoms with Crippen molar-refractivity contribution >= 4 is 23.8 Å². The van der Waals surface area contributed by atoms with E-state index in [4.69, 9.17) is 0 Å². The Bertz CT molecular complexity index is 1570. The van der Waals surface area contributed by atoms with Gasteiger partial charge in [0.15, 0.2) is 0 Å². The van der Waals surface area contributed by atoms with E-state index in [-0.39, 0.29) is 25.3 Å². The standard InChI is InChI=1S/C32H26F3N3O3/c33-32(34,35)20-38(17-6-7-18-39)31(41)29-25-12-5-4-11-23(25)24-13-8-14-26(28(24)29)27-16-15-22(19-36-27)37-30(40)21-9-2-1-3-10-21/h1-5,8-16,18-19,29H,6-7,17,20H2,(H,37,40). The number of carbonyl (C=O) groups excluding carboxylic acids is 3.